The summed E-state index contributed by atoms with van der Waals surface area (Å²) in [6, 6.07) is 13.5. The van der Waals surface area contributed by atoms with Crippen molar-refractivity contribution in [1.82, 2.24) is 0 Å². The van der Waals surface area contributed by atoms with Gasteiger partial charge in [-0.25, -0.2) is 13.2 Å². The van der Waals surface area contributed by atoms with Gasteiger partial charge in [0.25, 0.3) is 0 Å². The molecule has 22 heavy (non-hydrogen) atoms. The third kappa shape index (κ3) is 3.12. The number of hydrogen-bond acceptors (Lipinski definition) is 4. The smallest absolute Gasteiger partial charge is 0.410 e. The van der Waals surface area contributed by atoms with E-state index in [0.717, 1.165) is 5.56 Å². The van der Waals surface area contributed by atoms with Gasteiger partial charge >= 0.3 is 6.09 Å². The average Bonchev–Trinajstić information content (AvgIpc) is 2.47. The first-order valence-electron chi connectivity index (χ1n) is 6.94. The summed E-state index contributed by atoms with van der Waals surface area (Å²) in [5, 5.41) is 2.61. The Morgan fingerprint density at radius 2 is 1.86 bits per heavy atom. The van der Waals surface area contributed by atoms with Crippen LogP contribution in [-0.4, -0.2) is 20.3 Å². The number of fused-ring (bicyclic) bond motifs is 1. The van der Waals surface area contributed by atoms with Gasteiger partial charge in [-0.15, -0.1) is 0 Å². The fraction of sp³-hybridized carbons (Fsp3) is 0.188. The zero-order chi connectivity index (χ0) is 15.6. The van der Waals surface area contributed by atoms with Gasteiger partial charge < -0.3 is 4.74 Å². The zero-order valence-electron chi connectivity index (χ0n) is 11.8. The van der Waals surface area contributed by atoms with Crippen molar-refractivity contribution >= 4 is 21.6 Å². The molecule has 0 spiro atoms. The lowest BCUT2D eigenvalue weighted by Crippen LogP contribution is -2.19. The summed E-state index contributed by atoms with van der Waals surface area (Å²) in [7, 11) is -3.18. The van der Waals surface area contributed by atoms with Crippen molar-refractivity contribution in [2.45, 2.75) is 17.7 Å². The van der Waals surface area contributed by atoms with E-state index in [2.05, 4.69) is 5.32 Å². The van der Waals surface area contributed by atoms with E-state index in [9.17, 15) is 13.2 Å². The third-order valence-electron chi connectivity index (χ3n) is 3.45. The molecule has 0 unspecified atom stereocenters. The molecule has 1 N–H and O–H groups in total. The average molecular weight is 317 g/mol. The topological polar surface area (TPSA) is 72.5 Å². The second-order valence-corrected chi connectivity index (χ2v) is 7.15. The Bertz CT molecular complexity index is 800. The van der Waals surface area contributed by atoms with E-state index in [4.69, 9.17) is 4.74 Å². The van der Waals surface area contributed by atoms with Gasteiger partial charge in [0.15, 0.2) is 9.84 Å². The lowest BCUT2D eigenvalue weighted by molar-refractivity contribution is 0.215. The molecule has 0 aromatic heterocycles. The molecule has 114 valence electrons. The molecule has 1 aliphatic heterocycles. The van der Waals surface area contributed by atoms with Crippen molar-refractivity contribution in [3.8, 4) is 5.75 Å². The van der Waals surface area contributed by atoms with E-state index in [1.807, 2.05) is 6.07 Å². The first-order valence-corrected chi connectivity index (χ1v) is 8.59. The van der Waals surface area contributed by atoms with E-state index in [-0.39, 0.29) is 5.75 Å². The molecule has 2 aromatic carbocycles. The summed E-state index contributed by atoms with van der Waals surface area (Å²) in [6.45, 7) is 0. The molecule has 0 aliphatic carbocycles. The Labute approximate surface area is 128 Å². The summed E-state index contributed by atoms with van der Waals surface area (Å²) in [5.74, 6) is 0.628. The highest BCUT2D eigenvalue weighted by Crippen LogP contribution is 2.27. The number of amides is 1. The third-order valence-corrected chi connectivity index (χ3v) is 5.35. The molecule has 1 heterocycles. The van der Waals surface area contributed by atoms with Crippen LogP contribution in [0.3, 0.4) is 0 Å². The Morgan fingerprint density at radius 3 is 2.64 bits per heavy atom. The van der Waals surface area contributed by atoms with Crippen molar-refractivity contribution in [2.24, 2.45) is 0 Å². The van der Waals surface area contributed by atoms with Crippen LogP contribution in [0.2, 0.25) is 0 Å². The molecule has 5 nitrogen and oxygen atoms in total. The largest absolute Gasteiger partial charge is 0.417 e. The van der Waals surface area contributed by atoms with E-state index < -0.39 is 15.9 Å². The van der Waals surface area contributed by atoms with Crippen LogP contribution < -0.4 is 10.1 Å². The Morgan fingerprint density at radius 1 is 1.09 bits per heavy atom. The van der Waals surface area contributed by atoms with Crippen LogP contribution in [-0.2, 0) is 16.3 Å². The Kier molecular flexibility index (Phi) is 3.85. The molecule has 2 aromatic rings. The molecule has 3 rings (SSSR count). The number of aryl methyl sites for hydroxylation is 1. The van der Waals surface area contributed by atoms with Gasteiger partial charge in [0, 0.05) is 5.69 Å². The number of nitrogens with one attached hydrogen (secondary N) is 1. The monoisotopic (exact) mass is 317 g/mol. The molecular formula is C16H15NO4S. The Hall–Kier alpha value is -2.34. The number of rotatable bonds is 2. The molecule has 0 saturated heterocycles. The van der Waals surface area contributed by atoms with Crippen LogP contribution in [0.1, 0.15) is 12.0 Å². The van der Waals surface area contributed by atoms with Gasteiger partial charge in [-0.3, -0.25) is 5.32 Å². The van der Waals surface area contributed by atoms with Crippen molar-refractivity contribution in [3.05, 3.63) is 54.1 Å². The number of benzene rings is 2. The second-order valence-electron chi connectivity index (χ2n) is 5.07. The summed E-state index contributed by atoms with van der Waals surface area (Å²) >= 11 is 0. The number of carbonyl (C=O) groups excluding carboxylic acids is 1. The van der Waals surface area contributed by atoms with Crippen molar-refractivity contribution in [3.63, 3.8) is 0 Å². The van der Waals surface area contributed by atoms with Crippen LogP contribution in [0.5, 0.6) is 5.75 Å². The maximum absolute atomic E-state index is 11.9. The maximum atomic E-state index is 11.9. The highest BCUT2D eigenvalue weighted by Gasteiger charge is 2.23. The lowest BCUT2D eigenvalue weighted by atomic mass is 10.1. The molecule has 1 aliphatic rings. The van der Waals surface area contributed by atoms with Crippen LogP contribution in [0, 0.1) is 0 Å². The molecular weight excluding hydrogens is 302 g/mol. The van der Waals surface area contributed by atoms with Gasteiger partial charge in [0.2, 0.25) is 0 Å². The molecule has 0 bridgehead atoms. The fourth-order valence-electron chi connectivity index (χ4n) is 2.46. The van der Waals surface area contributed by atoms with Gasteiger partial charge in [0.1, 0.15) is 5.75 Å². The van der Waals surface area contributed by atoms with Gasteiger partial charge in [-0.2, -0.15) is 0 Å². The number of sulfone groups is 1. The molecule has 0 radical (unpaired) electrons. The first-order chi connectivity index (χ1) is 10.5. The number of anilines is 1. The summed E-state index contributed by atoms with van der Waals surface area (Å²) in [5.41, 5.74) is 1.26. The zero-order valence-corrected chi connectivity index (χ0v) is 12.6. The summed E-state index contributed by atoms with van der Waals surface area (Å²) < 4.78 is 29.0. The van der Waals surface area contributed by atoms with Gasteiger partial charge in [-0.05, 0) is 48.7 Å². The standard InChI is InChI=1S/C16H15NO4S/c18-16(21-14-6-2-1-3-7-14)17-13-8-9-15-12(11-13)5-4-10-22(15,19)20/h1-3,6-9,11H,4-5,10H2,(H,17,18). The van der Waals surface area contributed by atoms with Gasteiger partial charge in [-0.1, -0.05) is 18.2 Å². The van der Waals surface area contributed by atoms with Crippen LogP contribution >= 0.6 is 0 Å². The number of ether oxygens (including phenoxy) is 1. The lowest BCUT2D eigenvalue weighted by Gasteiger charge is -2.17. The van der Waals surface area contributed by atoms with E-state index in [1.165, 1.54) is 0 Å². The van der Waals surface area contributed by atoms with Crippen molar-refractivity contribution < 1.29 is 17.9 Å². The molecule has 1 amide bonds. The van der Waals surface area contributed by atoms with E-state index >= 15 is 0 Å². The van der Waals surface area contributed by atoms with E-state index in [0.29, 0.717) is 29.2 Å². The molecule has 0 fully saturated rings. The van der Waals surface area contributed by atoms with Crippen molar-refractivity contribution in [1.29, 1.82) is 0 Å². The van der Waals surface area contributed by atoms with E-state index in [1.54, 1.807) is 42.5 Å². The minimum Gasteiger partial charge on any atom is -0.410 e. The van der Waals surface area contributed by atoms with Crippen LogP contribution in [0.4, 0.5) is 10.5 Å². The highest BCUT2D eigenvalue weighted by atomic mass is 32.2. The minimum absolute atomic E-state index is 0.183. The minimum atomic E-state index is -3.18. The highest BCUT2D eigenvalue weighted by molar-refractivity contribution is 7.91. The first kappa shape index (κ1) is 14.6. The normalized spacial score (nSPS) is 15.6. The van der Waals surface area contributed by atoms with Crippen LogP contribution in [0.15, 0.2) is 53.4 Å². The predicted molar refractivity (Wildman–Crippen MR) is 82.9 cm³/mol. The molecule has 0 atom stereocenters. The number of para-hydroxylation sites is 1. The quantitative estimate of drug-likeness (QED) is 0.924. The molecule has 6 heteroatoms. The van der Waals surface area contributed by atoms with Crippen LogP contribution in [0.25, 0.3) is 0 Å². The number of hydrogen-bond donors (Lipinski definition) is 1. The predicted octanol–water partition coefficient (Wildman–Crippen LogP) is 3.02. The summed E-state index contributed by atoms with van der Waals surface area (Å²) in [6.07, 6.45) is 0.690. The second kappa shape index (κ2) is 5.81. The maximum Gasteiger partial charge on any atom is 0.417 e. The summed E-state index contributed by atoms with van der Waals surface area (Å²) in [4.78, 5) is 12.2. The fourth-order valence-corrected chi connectivity index (χ4v) is 4.04. The molecule has 0 saturated carbocycles. The van der Waals surface area contributed by atoms with Crippen molar-refractivity contribution in [2.75, 3.05) is 11.1 Å². The SMILES string of the molecule is O=C(Nc1ccc2c(c1)CCCS2(=O)=O)Oc1ccccc1. The Balaban J connectivity index is 1.75. The number of carbonyl (C=O) groups is 1. The van der Waals surface area contributed by atoms with Gasteiger partial charge in [0.05, 0.1) is 10.6 Å².